The molecule has 1 unspecified atom stereocenters. The molecule has 0 saturated carbocycles. The number of hydrogen-bond donors (Lipinski definition) is 3. The first-order valence-electron chi connectivity index (χ1n) is 10.5. The number of halogens is 2. The number of benzene rings is 3. The second kappa shape index (κ2) is 10.3. The number of hydrogen-bond acceptors (Lipinski definition) is 5. The average molecular weight is 461 g/mol. The highest BCUT2D eigenvalue weighted by Crippen LogP contribution is 2.28. The largest absolute Gasteiger partial charge is 0.392 e. The number of amides is 1. The van der Waals surface area contributed by atoms with E-state index in [2.05, 4.69) is 15.3 Å². The molecule has 0 aliphatic rings. The first kappa shape index (κ1) is 23.2. The summed E-state index contributed by atoms with van der Waals surface area (Å²) < 4.78 is 26.7. The third-order valence-electron chi connectivity index (χ3n) is 5.21. The van der Waals surface area contributed by atoms with Crippen molar-refractivity contribution in [3.8, 4) is 11.3 Å². The lowest BCUT2D eigenvalue weighted by atomic mass is 10.0. The van der Waals surface area contributed by atoms with Crippen LogP contribution in [0.1, 0.15) is 28.5 Å². The Balaban J connectivity index is 1.65. The van der Waals surface area contributed by atoms with Gasteiger partial charge in [-0.2, -0.15) is 0 Å². The van der Waals surface area contributed by atoms with Crippen LogP contribution in [-0.4, -0.2) is 26.1 Å². The molecule has 0 aliphatic carbocycles. The number of aliphatic hydroxyl groups is 2. The van der Waals surface area contributed by atoms with Gasteiger partial charge in [0.05, 0.1) is 24.9 Å². The molecule has 4 rings (SSSR count). The quantitative estimate of drug-likeness (QED) is 0.384. The van der Waals surface area contributed by atoms with Crippen LogP contribution in [0.4, 0.5) is 14.6 Å². The minimum Gasteiger partial charge on any atom is -0.392 e. The molecule has 1 atom stereocenters. The van der Waals surface area contributed by atoms with Gasteiger partial charge in [-0.3, -0.25) is 4.79 Å². The topological polar surface area (TPSA) is 95.3 Å². The summed E-state index contributed by atoms with van der Waals surface area (Å²) in [5, 5.41) is 22.9. The molecular formula is C26H21F2N3O3. The average Bonchev–Trinajstić information content (AvgIpc) is 2.86. The minimum absolute atomic E-state index is 0.0552. The molecule has 0 spiro atoms. The number of nitrogens with one attached hydrogen (secondary N) is 1. The number of nitrogens with zero attached hydrogens (tertiary/aromatic N) is 2. The Hall–Kier alpha value is -4.01. The van der Waals surface area contributed by atoms with Crippen LogP contribution in [0.15, 0.2) is 79.0 Å². The first-order valence-corrected chi connectivity index (χ1v) is 10.5. The molecule has 3 aromatic carbocycles. The van der Waals surface area contributed by atoms with E-state index in [1.807, 2.05) is 6.07 Å². The summed E-state index contributed by atoms with van der Waals surface area (Å²) >= 11 is 0. The molecule has 1 amide bonds. The Bertz CT molecular complexity index is 1300. The summed E-state index contributed by atoms with van der Waals surface area (Å²) in [5.74, 6) is -2.51. The van der Waals surface area contributed by atoms with Gasteiger partial charge in [0.1, 0.15) is 11.8 Å². The number of aromatic nitrogens is 2. The summed E-state index contributed by atoms with van der Waals surface area (Å²) in [6, 6.07) is 19.1. The lowest BCUT2D eigenvalue weighted by Crippen LogP contribution is -2.19. The molecule has 1 heterocycles. The highest BCUT2D eigenvalue weighted by molar-refractivity contribution is 5.92. The second-order valence-corrected chi connectivity index (χ2v) is 7.63. The minimum atomic E-state index is -1.18. The zero-order valence-electron chi connectivity index (χ0n) is 18.0. The molecule has 0 fully saturated rings. The van der Waals surface area contributed by atoms with Gasteiger partial charge in [-0.15, -0.1) is 0 Å². The second-order valence-electron chi connectivity index (χ2n) is 7.63. The van der Waals surface area contributed by atoms with Crippen LogP contribution in [0.25, 0.3) is 11.3 Å². The van der Waals surface area contributed by atoms with E-state index in [-0.39, 0.29) is 30.1 Å². The first-order chi connectivity index (χ1) is 16.4. The van der Waals surface area contributed by atoms with Crippen LogP contribution in [0.3, 0.4) is 0 Å². The molecule has 0 radical (unpaired) electrons. The van der Waals surface area contributed by atoms with Crippen molar-refractivity contribution in [1.82, 2.24) is 9.97 Å². The maximum atomic E-state index is 13.5. The molecule has 0 aliphatic heterocycles. The Labute approximate surface area is 194 Å². The summed E-state index contributed by atoms with van der Waals surface area (Å²) in [7, 11) is 0. The maximum Gasteiger partial charge on any atom is 0.229 e. The smallest absolute Gasteiger partial charge is 0.229 e. The fraction of sp³-hybridized carbons (Fsp3) is 0.115. The van der Waals surface area contributed by atoms with E-state index < -0.39 is 23.6 Å². The van der Waals surface area contributed by atoms with Crippen molar-refractivity contribution in [3.05, 3.63) is 113 Å². The number of carbonyl (C=O) groups excluding carboxylic acids is 1. The van der Waals surface area contributed by atoms with E-state index in [1.54, 1.807) is 48.5 Å². The SMILES string of the molecule is O=C(Cc1ccc(F)c(F)c1)Nc1ncc(-c2ccc(CO)cc2)nc1C(O)c1ccccc1. The number of rotatable bonds is 7. The molecular weight excluding hydrogens is 440 g/mol. The van der Waals surface area contributed by atoms with E-state index in [0.717, 1.165) is 17.7 Å². The molecule has 6 nitrogen and oxygen atoms in total. The van der Waals surface area contributed by atoms with Gasteiger partial charge in [0.25, 0.3) is 0 Å². The van der Waals surface area contributed by atoms with E-state index in [1.165, 1.54) is 12.3 Å². The lowest BCUT2D eigenvalue weighted by molar-refractivity contribution is -0.115. The fourth-order valence-electron chi connectivity index (χ4n) is 3.41. The van der Waals surface area contributed by atoms with Crippen molar-refractivity contribution in [2.75, 3.05) is 5.32 Å². The third kappa shape index (κ3) is 5.31. The van der Waals surface area contributed by atoms with Crippen LogP contribution >= 0.6 is 0 Å². The molecule has 4 aromatic rings. The summed E-state index contributed by atoms with van der Waals surface area (Å²) in [6.07, 6.45) is 0.0656. The van der Waals surface area contributed by atoms with Gasteiger partial charge in [-0.1, -0.05) is 60.7 Å². The lowest BCUT2D eigenvalue weighted by Gasteiger charge is -2.16. The summed E-state index contributed by atoms with van der Waals surface area (Å²) in [5.41, 5.74) is 2.89. The predicted molar refractivity (Wildman–Crippen MR) is 123 cm³/mol. The zero-order chi connectivity index (χ0) is 24.1. The molecule has 0 saturated heterocycles. The van der Waals surface area contributed by atoms with Gasteiger partial charge < -0.3 is 15.5 Å². The Kier molecular flexibility index (Phi) is 7.01. The molecule has 1 aromatic heterocycles. The Morgan fingerprint density at radius 2 is 1.65 bits per heavy atom. The molecule has 3 N–H and O–H groups in total. The molecule has 34 heavy (non-hydrogen) atoms. The van der Waals surface area contributed by atoms with Crippen LogP contribution in [0.2, 0.25) is 0 Å². The van der Waals surface area contributed by atoms with Gasteiger partial charge in [-0.05, 0) is 28.8 Å². The Morgan fingerprint density at radius 1 is 0.941 bits per heavy atom. The molecule has 0 bridgehead atoms. The summed E-state index contributed by atoms with van der Waals surface area (Å²) in [4.78, 5) is 21.5. The van der Waals surface area contributed by atoms with Crippen molar-refractivity contribution in [2.24, 2.45) is 0 Å². The van der Waals surface area contributed by atoms with Crippen molar-refractivity contribution in [3.63, 3.8) is 0 Å². The highest BCUT2D eigenvalue weighted by Gasteiger charge is 2.21. The highest BCUT2D eigenvalue weighted by atomic mass is 19.2. The van der Waals surface area contributed by atoms with E-state index in [4.69, 9.17) is 0 Å². The van der Waals surface area contributed by atoms with Crippen LogP contribution in [0, 0.1) is 11.6 Å². The standard InChI is InChI=1S/C26H21F2N3O3/c27-20-11-8-17(12-21(20)28)13-23(33)31-26-24(25(34)19-4-2-1-3-5-19)30-22(14-29-26)18-9-6-16(15-32)7-10-18/h1-12,14,25,32,34H,13,15H2,(H,29,31,33). The summed E-state index contributed by atoms with van der Waals surface area (Å²) in [6.45, 7) is -0.0904. The normalized spacial score (nSPS) is 11.8. The van der Waals surface area contributed by atoms with Crippen molar-refractivity contribution in [2.45, 2.75) is 19.1 Å². The zero-order valence-corrected chi connectivity index (χ0v) is 18.0. The molecule has 8 heteroatoms. The van der Waals surface area contributed by atoms with Crippen LogP contribution in [-0.2, 0) is 17.8 Å². The van der Waals surface area contributed by atoms with Gasteiger partial charge in [0.2, 0.25) is 5.91 Å². The number of anilines is 1. The maximum absolute atomic E-state index is 13.5. The van der Waals surface area contributed by atoms with Gasteiger partial charge in [0, 0.05) is 5.56 Å². The number of aliphatic hydroxyl groups excluding tert-OH is 2. The monoisotopic (exact) mass is 461 g/mol. The van der Waals surface area contributed by atoms with Crippen LogP contribution < -0.4 is 5.32 Å². The third-order valence-corrected chi connectivity index (χ3v) is 5.21. The van der Waals surface area contributed by atoms with Gasteiger partial charge >= 0.3 is 0 Å². The van der Waals surface area contributed by atoms with Crippen molar-refractivity contribution >= 4 is 11.7 Å². The van der Waals surface area contributed by atoms with E-state index in [9.17, 15) is 23.8 Å². The van der Waals surface area contributed by atoms with E-state index >= 15 is 0 Å². The predicted octanol–water partition coefficient (Wildman–Crippen LogP) is 4.18. The van der Waals surface area contributed by atoms with Gasteiger partial charge in [0.15, 0.2) is 17.5 Å². The van der Waals surface area contributed by atoms with Crippen molar-refractivity contribution < 1.29 is 23.8 Å². The Morgan fingerprint density at radius 3 is 2.32 bits per heavy atom. The fourth-order valence-corrected chi connectivity index (χ4v) is 3.41. The number of carbonyl (C=O) groups is 1. The molecule has 172 valence electrons. The van der Waals surface area contributed by atoms with E-state index in [0.29, 0.717) is 16.8 Å². The van der Waals surface area contributed by atoms with Crippen LogP contribution in [0.5, 0.6) is 0 Å². The van der Waals surface area contributed by atoms with Crippen molar-refractivity contribution in [1.29, 1.82) is 0 Å². The van der Waals surface area contributed by atoms with Gasteiger partial charge in [-0.25, -0.2) is 18.7 Å².